The predicted molar refractivity (Wildman–Crippen MR) is 57.3 cm³/mol. The van der Waals surface area contributed by atoms with Crippen molar-refractivity contribution >= 4 is 22.9 Å². The van der Waals surface area contributed by atoms with E-state index in [0.29, 0.717) is 18.3 Å². The van der Waals surface area contributed by atoms with Gasteiger partial charge in [0.1, 0.15) is 0 Å². The molecule has 1 N–H and O–H groups in total. The summed E-state index contributed by atoms with van der Waals surface area (Å²) in [5, 5.41) is 3.15. The van der Waals surface area contributed by atoms with Crippen molar-refractivity contribution in [3.63, 3.8) is 0 Å². The molecule has 1 heterocycles. The predicted octanol–water partition coefficient (Wildman–Crippen LogP) is 1.07. The van der Waals surface area contributed by atoms with Gasteiger partial charge < -0.3 is 5.32 Å². The van der Waals surface area contributed by atoms with Crippen LogP contribution in [-0.2, 0) is 4.79 Å². The van der Waals surface area contributed by atoms with Crippen LogP contribution in [-0.4, -0.2) is 40.9 Å². The molecule has 0 bridgehead atoms. The van der Waals surface area contributed by atoms with E-state index >= 15 is 0 Å². The zero-order valence-corrected chi connectivity index (χ0v) is 9.39. The molecule has 0 aromatic heterocycles. The highest BCUT2D eigenvalue weighted by Gasteiger charge is 2.28. The summed E-state index contributed by atoms with van der Waals surface area (Å²) in [5.74, 6) is 0.265. The van der Waals surface area contributed by atoms with Crippen LogP contribution in [0.3, 0.4) is 0 Å². The summed E-state index contributed by atoms with van der Waals surface area (Å²) < 4.78 is 0. The molecular weight excluding hydrogens is 200 g/mol. The van der Waals surface area contributed by atoms with Crippen LogP contribution in [0.5, 0.6) is 0 Å². The third-order valence-electron chi connectivity index (χ3n) is 1.95. The van der Waals surface area contributed by atoms with Gasteiger partial charge >= 0.3 is 0 Å². The normalized spacial score (nSPS) is 17.2. The molecule has 0 atom stereocenters. The number of nitrogens with one attached hydrogen (secondary N) is 1. The van der Waals surface area contributed by atoms with Gasteiger partial charge in [0.05, 0.1) is 5.75 Å². The lowest BCUT2D eigenvalue weighted by Gasteiger charge is -2.13. The molecule has 1 rings (SSSR count). The van der Waals surface area contributed by atoms with Gasteiger partial charge in [-0.2, -0.15) is 0 Å². The van der Waals surface area contributed by atoms with Crippen LogP contribution in [0.15, 0.2) is 0 Å². The second-order valence-electron chi connectivity index (χ2n) is 3.56. The van der Waals surface area contributed by atoms with E-state index in [0.717, 1.165) is 24.7 Å². The molecule has 0 saturated carbocycles. The first-order valence-electron chi connectivity index (χ1n) is 4.81. The first-order valence-corrected chi connectivity index (χ1v) is 5.80. The van der Waals surface area contributed by atoms with Crippen LogP contribution in [0, 0.1) is 0 Å². The van der Waals surface area contributed by atoms with Crippen molar-refractivity contribution in [3.05, 3.63) is 0 Å². The van der Waals surface area contributed by atoms with Gasteiger partial charge in [-0.25, -0.2) is 0 Å². The highest BCUT2D eigenvalue weighted by molar-refractivity contribution is 8.14. The lowest BCUT2D eigenvalue weighted by Crippen LogP contribution is -2.32. The molecule has 5 heteroatoms. The number of thioether (sulfide) groups is 1. The molecule has 4 nitrogen and oxygen atoms in total. The van der Waals surface area contributed by atoms with Crippen molar-refractivity contribution in [1.82, 2.24) is 10.2 Å². The van der Waals surface area contributed by atoms with Crippen molar-refractivity contribution in [2.75, 3.05) is 18.8 Å². The van der Waals surface area contributed by atoms with Crippen molar-refractivity contribution in [3.8, 4) is 0 Å². The minimum absolute atomic E-state index is 0.0513. The van der Waals surface area contributed by atoms with Crippen LogP contribution in [0.2, 0.25) is 0 Å². The lowest BCUT2D eigenvalue weighted by molar-refractivity contribution is -0.124. The Kier molecular flexibility index (Phi) is 4.41. The van der Waals surface area contributed by atoms with Crippen molar-refractivity contribution in [1.29, 1.82) is 0 Å². The average molecular weight is 216 g/mol. The topological polar surface area (TPSA) is 49.4 Å². The van der Waals surface area contributed by atoms with Crippen LogP contribution in [0.25, 0.3) is 0 Å². The maximum atomic E-state index is 11.2. The van der Waals surface area contributed by atoms with Crippen LogP contribution in [0.1, 0.15) is 20.3 Å². The minimum atomic E-state index is -0.0976. The Hall–Kier alpha value is -0.550. The number of carbonyl (C=O) groups is 2. The Bertz CT molecular complexity index is 215. The lowest BCUT2D eigenvalue weighted by atomic mass is 10.3. The SMILES string of the molecule is CC(C)NCCCN1C(=O)CSC1=O. The van der Waals surface area contributed by atoms with Crippen LogP contribution < -0.4 is 5.32 Å². The summed E-state index contributed by atoms with van der Waals surface area (Å²) in [7, 11) is 0. The second-order valence-corrected chi connectivity index (χ2v) is 4.49. The third kappa shape index (κ3) is 3.31. The van der Waals surface area contributed by atoms with Gasteiger partial charge in [-0.05, 0) is 13.0 Å². The molecule has 0 aliphatic carbocycles. The number of rotatable bonds is 5. The van der Waals surface area contributed by atoms with E-state index in [9.17, 15) is 9.59 Å². The standard InChI is InChI=1S/C9H16N2O2S/c1-7(2)10-4-3-5-11-8(12)6-14-9(11)13/h7,10H,3-6H2,1-2H3. The molecule has 0 radical (unpaired) electrons. The average Bonchev–Trinajstić information content (AvgIpc) is 2.42. The minimum Gasteiger partial charge on any atom is -0.314 e. The molecule has 0 aromatic rings. The van der Waals surface area contributed by atoms with E-state index in [1.807, 2.05) is 0 Å². The maximum Gasteiger partial charge on any atom is 0.288 e. The molecule has 0 unspecified atom stereocenters. The first-order chi connectivity index (χ1) is 6.61. The van der Waals surface area contributed by atoms with Crippen molar-refractivity contribution in [2.45, 2.75) is 26.3 Å². The second kappa shape index (κ2) is 5.36. The third-order valence-corrected chi connectivity index (χ3v) is 2.81. The monoisotopic (exact) mass is 216 g/mol. The molecule has 80 valence electrons. The number of nitrogens with zero attached hydrogens (tertiary/aromatic N) is 1. The van der Waals surface area contributed by atoms with Crippen LogP contribution >= 0.6 is 11.8 Å². The fraction of sp³-hybridized carbons (Fsp3) is 0.778. The van der Waals surface area contributed by atoms with Crippen molar-refractivity contribution in [2.24, 2.45) is 0 Å². The number of carbonyl (C=O) groups excluding carboxylic acids is 2. The molecule has 0 aromatic carbocycles. The highest BCUT2D eigenvalue weighted by atomic mass is 32.2. The highest BCUT2D eigenvalue weighted by Crippen LogP contribution is 2.18. The molecule has 14 heavy (non-hydrogen) atoms. The summed E-state index contributed by atoms with van der Waals surface area (Å²) in [5.41, 5.74) is 0. The molecule has 1 aliphatic heterocycles. The Balaban J connectivity index is 2.17. The van der Waals surface area contributed by atoms with E-state index in [-0.39, 0.29) is 11.1 Å². The number of hydrogen-bond acceptors (Lipinski definition) is 4. The maximum absolute atomic E-state index is 11.2. The molecule has 0 spiro atoms. The summed E-state index contributed by atoms with van der Waals surface area (Å²) >= 11 is 1.09. The first kappa shape index (κ1) is 11.5. The molecular formula is C9H16N2O2S. The van der Waals surface area contributed by atoms with Gasteiger partial charge in [0, 0.05) is 12.6 Å². The zero-order valence-electron chi connectivity index (χ0n) is 8.58. The van der Waals surface area contributed by atoms with Crippen molar-refractivity contribution < 1.29 is 9.59 Å². The van der Waals surface area contributed by atoms with E-state index in [1.54, 1.807) is 0 Å². The molecule has 1 saturated heterocycles. The van der Waals surface area contributed by atoms with Crippen LogP contribution in [0.4, 0.5) is 4.79 Å². The van der Waals surface area contributed by atoms with Gasteiger partial charge in [0.15, 0.2) is 0 Å². The number of hydrogen-bond donors (Lipinski definition) is 1. The fourth-order valence-corrected chi connectivity index (χ4v) is 1.98. The van der Waals surface area contributed by atoms with E-state index in [2.05, 4.69) is 19.2 Å². The van der Waals surface area contributed by atoms with E-state index < -0.39 is 0 Å². The number of imide groups is 1. The zero-order chi connectivity index (χ0) is 10.6. The largest absolute Gasteiger partial charge is 0.314 e. The van der Waals surface area contributed by atoms with Gasteiger partial charge in [-0.1, -0.05) is 25.6 Å². The Morgan fingerprint density at radius 3 is 2.71 bits per heavy atom. The van der Waals surface area contributed by atoms with Gasteiger partial charge in [-0.15, -0.1) is 0 Å². The Labute approximate surface area is 88.4 Å². The molecule has 2 amide bonds. The van der Waals surface area contributed by atoms with E-state index in [1.165, 1.54) is 4.90 Å². The summed E-state index contributed by atoms with van der Waals surface area (Å²) in [6.45, 7) is 5.54. The smallest absolute Gasteiger partial charge is 0.288 e. The summed E-state index contributed by atoms with van der Waals surface area (Å²) in [4.78, 5) is 23.7. The summed E-state index contributed by atoms with van der Waals surface area (Å²) in [6.07, 6.45) is 0.830. The molecule has 1 aliphatic rings. The van der Waals surface area contributed by atoms with Gasteiger partial charge in [-0.3, -0.25) is 14.5 Å². The summed E-state index contributed by atoms with van der Waals surface area (Å²) in [6, 6.07) is 0.453. The number of amides is 2. The van der Waals surface area contributed by atoms with Gasteiger partial charge in [0.2, 0.25) is 5.91 Å². The fourth-order valence-electron chi connectivity index (χ4n) is 1.23. The quantitative estimate of drug-likeness (QED) is 0.698. The van der Waals surface area contributed by atoms with E-state index in [4.69, 9.17) is 0 Å². The van der Waals surface area contributed by atoms with Gasteiger partial charge in [0.25, 0.3) is 5.24 Å². The Morgan fingerprint density at radius 2 is 2.21 bits per heavy atom. The molecule has 1 fully saturated rings. The Morgan fingerprint density at radius 1 is 1.50 bits per heavy atom.